The molecule has 0 saturated carbocycles. The van der Waals surface area contributed by atoms with Gasteiger partial charge in [-0.25, -0.2) is 4.98 Å². The van der Waals surface area contributed by atoms with Crippen molar-refractivity contribution in [3.05, 3.63) is 83.4 Å². The topological polar surface area (TPSA) is 54.9 Å². The highest BCUT2D eigenvalue weighted by molar-refractivity contribution is 6.07. The zero-order chi connectivity index (χ0) is 25.2. The Bertz CT molecular complexity index is 1420. The van der Waals surface area contributed by atoms with Crippen LogP contribution in [0.5, 0.6) is 11.5 Å². The first-order valence-corrected chi connectivity index (χ1v) is 12.2. The molecule has 0 spiro atoms. The molecule has 36 heavy (non-hydrogen) atoms. The van der Waals surface area contributed by atoms with E-state index < -0.39 is 0 Å². The lowest BCUT2D eigenvalue weighted by atomic mass is 10.0. The van der Waals surface area contributed by atoms with Gasteiger partial charge in [-0.05, 0) is 55.8 Å². The number of amides is 1. The van der Waals surface area contributed by atoms with Crippen LogP contribution in [0.4, 0.5) is 5.69 Å². The molecule has 1 saturated heterocycles. The molecular weight excluding hydrogens is 450 g/mol. The summed E-state index contributed by atoms with van der Waals surface area (Å²) in [4.78, 5) is 23.1. The van der Waals surface area contributed by atoms with Crippen LogP contribution in [0.2, 0.25) is 0 Å². The monoisotopic (exact) mass is 481 g/mol. The van der Waals surface area contributed by atoms with Crippen LogP contribution >= 0.6 is 0 Å². The number of fused-ring (bicyclic) bond motifs is 1. The Morgan fingerprint density at radius 1 is 0.861 bits per heavy atom. The summed E-state index contributed by atoms with van der Waals surface area (Å²) < 4.78 is 11.0. The van der Waals surface area contributed by atoms with Gasteiger partial charge in [0, 0.05) is 48.9 Å². The Balaban J connectivity index is 1.50. The molecule has 1 fully saturated rings. The first-order valence-electron chi connectivity index (χ1n) is 12.2. The maximum absolute atomic E-state index is 13.9. The van der Waals surface area contributed by atoms with Crippen molar-refractivity contribution in [2.45, 2.75) is 13.8 Å². The lowest BCUT2D eigenvalue weighted by Crippen LogP contribution is -2.49. The number of nitrogens with zero attached hydrogens (tertiary/aromatic N) is 3. The fourth-order valence-electron chi connectivity index (χ4n) is 4.90. The molecule has 3 aromatic carbocycles. The molecule has 0 radical (unpaired) electrons. The van der Waals surface area contributed by atoms with Gasteiger partial charge < -0.3 is 19.3 Å². The second kappa shape index (κ2) is 9.90. The number of hydrogen-bond donors (Lipinski definition) is 0. The molecule has 0 bridgehead atoms. The number of pyridine rings is 1. The Morgan fingerprint density at radius 3 is 2.36 bits per heavy atom. The second-order valence-corrected chi connectivity index (χ2v) is 9.21. The quantitative estimate of drug-likeness (QED) is 0.377. The third-order valence-corrected chi connectivity index (χ3v) is 6.90. The van der Waals surface area contributed by atoms with E-state index in [9.17, 15) is 4.79 Å². The molecule has 0 unspecified atom stereocenters. The van der Waals surface area contributed by atoms with Crippen LogP contribution in [0.3, 0.4) is 0 Å². The van der Waals surface area contributed by atoms with E-state index in [4.69, 9.17) is 14.5 Å². The van der Waals surface area contributed by atoms with Gasteiger partial charge in [0.05, 0.1) is 31.0 Å². The number of carbonyl (C=O) groups is 1. The van der Waals surface area contributed by atoms with Gasteiger partial charge in [-0.15, -0.1) is 0 Å². The number of carbonyl (C=O) groups excluding carboxylic acids is 1. The smallest absolute Gasteiger partial charge is 0.254 e. The molecular formula is C30H31N3O3. The number of para-hydroxylation sites is 1. The van der Waals surface area contributed by atoms with E-state index in [-0.39, 0.29) is 5.91 Å². The highest BCUT2D eigenvalue weighted by atomic mass is 16.5. The minimum Gasteiger partial charge on any atom is -0.497 e. The van der Waals surface area contributed by atoms with Gasteiger partial charge in [0.15, 0.2) is 0 Å². The molecule has 6 heteroatoms. The normalized spacial score (nSPS) is 13.7. The maximum atomic E-state index is 13.9. The van der Waals surface area contributed by atoms with Crippen molar-refractivity contribution in [2.24, 2.45) is 0 Å². The van der Waals surface area contributed by atoms with Gasteiger partial charge in [0.1, 0.15) is 11.5 Å². The lowest BCUT2D eigenvalue weighted by Gasteiger charge is -2.37. The van der Waals surface area contributed by atoms with E-state index in [1.807, 2.05) is 54.3 Å². The van der Waals surface area contributed by atoms with Crippen LogP contribution in [-0.2, 0) is 0 Å². The molecule has 2 heterocycles. The number of aryl methyl sites for hydroxylation is 2. The van der Waals surface area contributed by atoms with Crippen LogP contribution < -0.4 is 14.4 Å². The molecule has 1 aliphatic heterocycles. The van der Waals surface area contributed by atoms with Crippen LogP contribution in [-0.4, -0.2) is 56.2 Å². The van der Waals surface area contributed by atoms with Crippen molar-refractivity contribution in [1.29, 1.82) is 0 Å². The number of ether oxygens (including phenoxy) is 2. The Morgan fingerprint density at radius 2 is 1.64 bits per heavy atom. The summed E-state index contributed by atoms with van der Waals surface area (Å²) >= 11 is 0. The summed E-state index contributed by atoms with van der Waals surface area (Å²) in [6.07, 6.45) is 0. The summed E-state index contributed by atoms with van der Waals surface area (Å²) in [6, 6.07) is 22.0. The highest BCUT2D eigenvalue weighted by Gasteiger charge is 2.25. The molecule has 6 nitrogen and oxygen atoms in total. The molecule has 1 amide bonds. The zero-order valence-corrected chi connectivity index (χ0v) is 21.2. The van der Waals surface area contributed by atoms with E-state index in [0.717, 1.165) is 35.1 Å². The second-order valence-electron chi connectivity index (χ2n) is 9.21. The molecule has 1 aliphatic rings. The Kier molecular flexibility index (Phi) is 6.51. The number of aromatic nitrogens is 1. The van der Waals surface area contributed by atoms with Crippen molar-refractivity contribution in [3.63, 3.8) is 0 Å². The summed E-state index contributed by atoms with van der Waals surface area (Å²) in [5, 5.41) is 0.873. The van der Waals surface area contributed by atoms with Gasteiger partial charge in [-0.3, -0.25) is 4.79 Å². The zero-order valence-electron chi connectivity index (χ0n) is 21.2. The Hall–Kier alpha value is -4.06. The van der Waals surface area contributed by atoms with Gasteiger partial charge in [-0.2, -0.15) is 0 Å². The van der Waals surface area contributed by atoms with Crippen LogP contribution in [0.1, 0.15) is 21.5 Å². The molecule has 5 rings (SSSR count). The van der Waals surface area contributed by atoms with E-state index in [0.29, 0.717) is 35.8 Å². The minimum atomic E-state index is 0.0335. The van der Waals surface area contributed by atoms with Gasteiger partial charge >= 0.3 is 0 Å². The first-order chi connectivity index (χ1) is 17.5. The molecule has 184 valence electrons. The van der Waals surface area contributed by atoms with E-state index in [1.165, 1.54) is 11.3 Å². The van der Waals surface area contributed by atoms with Crippen molar-refractivity contribution in [2.75, 3.05) is 45.3 Å². The van der Waals surface area contributed by atoms with E-state index in [1.54, 1.807) is 14.2 Å². The van der Waals surface area contributed by atoms with Crippen molar-refractivity contribution in [1.82, 2.24) is 9.88 Å². The minimum absolute atomic E-state index is 0.0335. The number of anilines is 1. The largest absolute Gasteiger partial charge is 0.497 e. The first kappa shape index (κ1) is 23.7. The Labute approximate surface area is 212 Å². The number of rotatable bonds is 5. The standard InChI is InChI=1S/C30H31N3O3/c1-20-9-12-26-24(17-20)25(19-27(31-26)23-11-10-22(35-3)18-29(23)36-4)30(34)33-15-13-32(14-16-33)28-8-6-5-7-21(28)2/h5-12,17-19H,13-16H2,1-4H3. The fourth-order valence-corrected chi connectivity index (χ4v) is 4.90. The number of methoxy groups -OCH3 is 2. The van der Waals surface area contributed by atoms with Gasteiger partial charge in [0.2, 0.25) is 0 Å². The van der Waals surface area contributed by atoms with Crippen LogP contribution in [0, 0.1) is 13.8 Å². The predicted molar refractivity (Wildman–Crippen MR) is 144 cm³/mol. The number of hydrogen-bond acceptors (Lipinski definition) is 5. The summed E-state index contributed by atoms with van der Waals surface area (Å²) in [6.45, 7) is 7.12. The lowest BCUT2D eigenvalue weighted by molar-refractivity contribution is 0.0748. The average molecular weight is 482 g/mol. The SMILES string of the molecule is COc1ccc(-c2cc(C(=O)N3CCN(c4ccccc4C)CC3)c3cc(C)ccc3n2)c(OC)c1. The third-order valence-electron chi connectivity index (χ3n) is 6.90. The molecule has 1 aromatic heterocycles. The van der Waals surface area contributed by atoms with Crippen molar-refractivity contribution >= 4 is 22.5 Å². The molecule has 0 N–H and O–H groups in total. The summed E-state index contributed by atoms with van der Waals surface area (Å²) in [7, 11) is 3.25. The van der Waals surface area contributed by atoms with E-state index in [2.05, 4.69) is 36.1 Å². The maximum Gasteiger partial charge on any atom is 0.254 e. The molecule has 4 aromatic rings. The van der Waals surface area contributed by atoms with Gasteiger partial charge in [-0.1, -0.05) is 29.8 Å². The van der Waals surface area contributed by atoms with Crippen LogP contribution in [0.15, 0.2) is 66.7 Å². The summed E-state index contributed by atoms with van der Waals surface area (Å²) in [5.41, 5.74) is 6.57. The fraction of sp³-hybridized carbons (Fsp3) is 0.267. The number of piperazine rings is 1. The highest BCUT2D eigenvalue weighted by Crippen LogP contribution is 2.35. The van der Waals surface area contributed by atoms with Gasteiger partial charge in [0.25, 0.3) is 5.91 Å². The molecule has 0 atom stereocenters. The van der Waals surface area contributed by atoms with E-state index >= 15 is 0 Å². The summed E-state index contributed by atoms with van der Waals surface area (Å²) in [5.74, 6) is 1.39. The average Bonchev–Trinajstić information content (AvgIpc) is 2.92. The predicted octanol–water partition coefficient (Wildman–Crippen LogP) is 5.50. The van der Waals surface area contributed by atoms with Crippen molar-refractivity contribution < 1.29 is 14.3 Å². The van der Waals surface area contributed by atoms with Crippen LogP contribution in [0.25, 0.3) is 22.2 Å². The number of benzene rings is 3. The van der Waals surface area contributed by atoms with Crippen molar-refractivity contribution in [3.8, 4) is 22.8 Å². The third kappa shape index (κ3) is 4.47. The molecule has 0 aliphatic carbocycles.